The molecule has 5 heteroatoms. The summed E-state index contributed by atoms with van der Waals surface area (Å²) in [6, 6.07) is 3.97. The third kappa shape index (κ3) is 1.87. The molecule has 0 fully saturated rings. The zero-order valence-corrected chi connectivity index (χ0v) is 10.8. The van der Waals surface area contributed by atoms with Crippen molar-refractivity contribution >= 4 is 22.9 Å². The largest absolute Gasteiger partial charge is 0.454 e. The lowest BCUT2D eigenvalue weighted by molar-refractivity contribution is 0.174. The number of aromatic nitrogens is 1. The van der Waals surface area contributed by atoms with Crippen molar-refractivity contribution in [2.75, 3.05) is 6.79 Å². The highest BCUT2D eigenvalue weighted by Gasteiger charge is 2.17. The van der Waals surface area contributed by atoms with Crippen LogP contribution in [0.25, 0.3) is 10.6 Å². The number of benzene rings is 1. The number of ether oxygens (including phenoxy) is 2. The Bertz CT molecular complexity index is 568. The molecular weight excluding hydrogens is 258 g/mol. The van der Waals surface area contributed by atoms with E-state index < -0.39 is 0 Å². The van der Waals surface area contributed by atoms with Crippen molar-refractivity contribution in [1.29, 1.82) is 0 Å². The molecule has 3 rings (SSSR count). The molecule has 1 aliphatic heterocycles. The standard InChI is InChI=1S/C12H10ClNO2S/c1-7-2-10-11(16-6-15-10)3-9(7)12-14-8(4-13)5-17-12/h2-3,5H,4,6H2,1H3. The van der Waals surface area contributed by atoms with E-state index in [4.69, 9.17) is 21.1 Å². The van der Waals surface area contributed by atoms with Crippen molar-refractivity contribution < 1.29 is 9.47 Å². The van der Waals surface area contributed by atoms with Gasteiger partial charge in [0.05, 0.1) is 11.6 Å². The molecule has 0 atom stereocenters. The van der Waals surface area contributed by atoms with Gasteiger partial charge in [0.2, 0.25) is 6.79 Å². The Morgan fingerprint density at radius 1 is 1.35 bits per heavy atom. The predicted octanol–water partition coefficient (Wildman–Crippen LogP) is 3.59. The lowest BCUT2D eigenvalue weighted by atomic mass is 10.1. The molecule has 0 unspecified atom stereocenters. The van der Waals surface area contributed by atoms with Crippen molar-refractivity contribution in [1.82, 2.24) is 4.98 Å². The number of thiazole rings is 1. The highest BCUT2D eigenvalue weighted by molar-refractivity contribution is 7.13. The van der Waals surface area contributed by atoms with E-state index >= 15 is 0 Å². The van der Waals surface area contributed by atoms with Crippen LogP contribution in [0.15, 0.2) is 17.5 Å². The SMILES string of the molecule is Cc1cc2c(cc1-c1nc(CCl)cs1)OCO2. The lowest BCUT2D eigenvalue weighted by Crippen LogP contribution is -1.92. The maximum Gasteiger partial charge on any atom is 0.231 e. The Labute approximate surface area is 108 Å². The third-order valence-electron chi connectivity index (χ3n) is 2.64. The van der Waals surface area contributed by atoms with E-state index in [1.165, 1.54) is 0 Å². The van der Waals surface area contributed by atoms with E-state index in [2.05, 4.69) is 4.98 Å². The fourth-order valence-electron chi connectivity index (χ4n) is 1.77. The molecule has 1 aromatic carbocycles. The second-order valence-corrected chi connectivity index (χ2v) is 4.92. The molecule has 17 heavy (non-hydrogen) atoms. The molecular formula is C12H10ClNO2S. The lowest BCUT2D eigenvalue weighted by Gasteiger charge is -2.04. The van der Waals surface area contributed by atoms with Crippen molar-refractivity contribution in [3.05, 3.63) is 28.8 Å². The number of hydrogen-bond acceptors (Lipinski definition) is 4. The number of hydrogen-bond donors (Lipinski definition) is 0. The maximum absolute atomic E-state index is 5.76. The maximum atomic E-state index is 5.76. The topological polar surface area (TPSA) is 31.4 Å². The summed E-state index contributed by atoms with van der Waals surface area (Å²) < 4.78 is 10.7. The summed E-state index contributed by atoms with van der Waals surface area (Å²) in [5.74, 6) is 2.04. The van der Waals surface area contributed by atoms with Gasteiger partial charge in [0.1, 0.15) is 5.01 Å². The second-order valence-electron chi connectivity index (χ2n) is 3.80. The Morgan fingerprint density at radius 2 is 2.12 bits per heavy atom. The van der Waals surface area contributed by atoms with Gasteiger partial charge in [0.25, 0.3) is 0 Å². The summed E-state index contributed by atoms with van der Waals surface area (Å²) in [7, 11) is 0. The summed E-state index contributed by atoms with van der Waals surface area (Å²) in [5.41, 5.74) is 3.11. The van der Waals surface area contributed by atoms with Gasteiger partial charge in [0, 0.05) is 10.9 Å². The van der Waals surface area contributed by atoms with Gasteiger partial charge in [-0.2, -0.15) is 0 Å². The zero-order valence-electron chi connectivity index (χ0n) is 9.20. The fraction of sp³-hybridized carbons (Fsp3) is 0.250. The molecule has 0 bridgehead atoms. The number of halogens is 1. The molecule has 0 N–H and O–H groups in total. The van der Waals surface area contributed by atoms with Crippen LogP contribution in [0, 0.1) is 6.92 Å². The Balaban J connectivity index is 2.08. The fourth-order valence-corrected chi connectivity index (χ4v) is 2.90. The summed E-state index contributed by atoms with van der Waals surface area (Å²) in [6.07, 6.45) is 0. The minimum absolute atomic E-state index is 0.295. The van der Waals surface area contributed by atoms with E-state index in [1.54, 1.807) is 11.3 Å². The van der Waals surface area contributed by atoms with Crippen molar-refractivity contribution in [2.45, 2.75) is 12.8 Å². The number of alkyl halides is 1. The molecule has 2 aromatic rings. The van der Waals surface area contributed by atoms with Crippen LogP contribution in [0.3, 0.4) is 0 Å². The van der Waals surface area contributed by atoms with Gasteiger partial charge in [0.15, 0.2) is 11.5 Å². The van der Waals surface area contributed by atoms with E-state index in [0.29, 0.717) is 12.7 Å². The normalized spacial score (nSPS) is 13.1. The van der Waals surface area contributed by atoms with Crippen LogP contribution in [-0.4, -0.2) is 11.8 Å². The van der Waals surface area contributed by atoms with Gasteiger partial charge in [-0.25, -0.2) is 4.98 Å². The minimum Gasteiger partial charge on any atom is -0.454 e. The zero-order chi connectivity index (χ0) is 11.8. The highest BCUT2D eigenvalue weighted by Crippen LogP contribution is 2.39. The van der Waals surface area contributed by atoms with Gasteiger partial charge < -0.3 is 9.47 Å². The van der Waals surface area contributed by atoms with E-state index in [0.717, 1.165) is 33.3 Å². The smallest absolute Gasteiger partial charge is 0.231 e. The molecule has 2 heterocycles. The number of fused-ring (bicyclic) bond motifs is 1. The van der Waals surface area contributed by atoms with Gasteiger partial charge in [-0.15, -0.1) is 22.9 Å². The molecule has 0 saturated carbocycles. The van der Waals surface area contributed by atoms with Crippen LogP contribution in [0.5, 0.6) is 11.5 Å². The minimum atomic E-state index is 0.295. The summed E-state index contributed by atoms with van der Waals surface area (Å²) >= 11 is 7.36. The summed E-state index contributed by atoms with van der Waals surface area (Å²) in [6.45, 7) is 2.34. The first-order valence-electron chi connectivity index (χ1n) is 5.19. The molecule has 1 aliphatic rings. The average Bonchev–Trinajstić information content (AvgIpc) is 2.94. The first kappa shape index (κ1) is 10.9. The molecule has 0 amide bonds. The van der Waals surface area contributed by atoms with Gasteiger partial charge in [-0.3, -0.25) is 0 Å². The molecule has 0 spiro atoms. The molecule has 0 aliphatic carbocycles. The number of aryl methyl sites for hydroxylation is 1. The second kappa shape index (κ2) is 4.20. The molecule has 88 valence electrons. The number of rotatable bonds is 2. The van der Waals surface area contributed by atoms with E-state index in [1.807, 2.05) is 24.4 Å². The van der Waals surface area contributed by atoms with Gasteiger partial charge >= 0.3 is 0 Å². The molecule has 3 nitrogen and oxygen atoms in total. The van der Waals surface area contributed by atoms with Crippen LogP contribution < -0.4 is 9.47 Å². The molecule has 0 radical (unpaired) electrons. The molecule has 0 saturated heterocycles. The quantitative estimate of drug-likeness (QED) is 0.780. The molecule has 1 aromatic heterocycles. The third-order valence-corrected chi connectivity index (χ3v) is 3.84. The van der Waals surface area contributed by atoms with Gasteiger partial charge in [-0.1, -0.05) is 0 Å². The van der Waals surface area contributed by atoms with Crippen LogP contribution >= 0.6 is 22.9 Å². The van der Waals surface area contributed by atoms with Crippen LogP contribution in [0.1, 0.15) is 11.3 Å². The van der Waals surface area contributed by atoms with Crippen molar-refractivity contribution in [2.24, 2.45) is 0 Å². The van der Waals surface area contributed by atoms with E-state index in [9.17, 15) is 0 Å². The average molecular weight is 268 g/mol. The summed E-state index contributed by atoms with van der Waals surface area (Å²) in [4.78, 5) is 4.48. The highest BCUT2D eigenvalue weighted by atomic mass is 35.5. The van der Waals surface area contributed by atoms with Crippen LogP contribution in [0.2, 0.25) is 0 Å². The Kier molecular flexibility index (Phi) is 2.68. The first-order valence-corrected chi connectivity index (χ1v) is 6.60. The monoisotopic (exact) mass is 267 g/mol. The summed E-state index contributed by atoms with van der Waals surface area (Å²) in [5, 5.41) is 2.95. The van der Waals surface area contributed by atoms with Crippen LogP contribution in [0.4, 0.5) is 0 Å². The first-order chi connectivity index (χ1) is 8.28. The van der Waals surface area contributed by atoms with Crippen molar-refractivity contribution in [3.63, 3.8) is 0 Å². The predicted molar refractivity (Wildman–Crippen MR) is 68.0 cm³/mol. The Hall–Kier alpha value is -1.26. The Morgan fingerprint density at radius 3 is 2.82 bits per heavy atom. The van der Waals surface area contributed by atoms with Gasteiger partial charge in [-0.05, 0) is 24.6 Å². The number of nitrogens with zero attached hydrogens (tertiary/aromatic N) is 1. The van der Waals surface area contributed by atoms with Crippen LogP contribution in [-0.2, 0) is 5.88 Å². The van der Waals surface area contributed by atoms with Crippen molar-refractivity contribution in [3.8, 4) is 22.1 Å². The van der Waals surface area contributed by atoms with E-state index in [-0.39, 0.29) is 0 Å².